The van der Waals surface area contributed by atoms with Gasteiger partial charge in [-0.1, -0.05) is 0 Å². The summed E-state index contributed by atoms with van der Waals surface area (Å²) >= 11 is 0. The number of rotatable bonds is 1. The van der Waals surface area contributed by atoms with Gasteiger partial charge < -0.3 is 20.0 Å². The molecule has 2 aliphatic heterocycles. The first kappa shape index (κ1) is 14.3. The van der Waals surface area contributed by atoms with Gasteiger partial charge in [-0.15, -0.1) is 0 Å². The summed E-state index contributed by atoms with van der Waals surface area (Å²) in [5.74, 6) is -0.658. The maximum Gasteiger partial charge on any atom is 0.312 e. The molecule has 6 nitrogen and oxygen atoms in total. The molecule has 1 N–H and O–H groups in total. The summed E-state index contributed by atoms with van der Waals surface area (Å²) in [5.41, 5.74) is 0. The average molecular weight is 268 g/mol. The maximum absolute atomic E-state index is 12.2. The van der Waals surface area contributed by atoms with E-state index in [1.807, 2.05) is 14.1 Å². The SMILES string of the molecule is CN(C)C1CCN(C(=O)C(=O)N2CCCNCC2)C1. The van der Waals surface area contributed by atoms with Crippen LogP contribution in [0.4, 0.5) is 0 Å². The largest absolute Gasteiger partial charge is 0.333 e. The van der Waals surface area contributed by atoms with Crippen LogP contribution in [0.25, 0.3) is 0 Å². The number of hydrogen-bond acceptors (Lipinski definition) is 4. The Bertz CT molecular complexity index is 338. The highest BCUT2D eigenvalue weighted by Crippen LogP contribution is 2.14. The predicted octanol–water partition coefficient (Wildman–Crippen LogP) is -1.03. The number of carbonyl (C=O) groups is 2. The number of amides is 2. The van der Waals surface area contributed by atoms with E-state index in [1.165, 1.54) is 0 Å². The van der Waals surface area contributed by atoms with Gasteiger partial charge in [0.15, 0.2) is 0 Å². The van der Waals surface area contributed by atoms with Crippen molar-refractivity contribution < 1.29 is 9.59 Å². The van der Waals surface area contributed by atoms with E-state index in [9.17, 15) is 9.59 Å². The van der Waals surface area contributed by atoms with Crippen molar-refractivity contribution in [2.24, 2.45) is 0 Å². The Morgan fingerprint density at radius 1 is 1.05 bits per heavy atom. The first-order chi connectivity index (χ1) is 9.09. The van der Waals surface area contributed by atoms with Crippen LogP contribution >= 0.6 is 0 Å². The molecule has 1 unspecified atom stereocenters. The molecule has 0 radical (unpaired) electrons. The van der Waals surface area contributed by atoms with Crippen LogP contribution < -0.4 is 5.32 Å². The Kier molecular flexibility index (Phi) is 4.76. The van der Waals surface area contributed by atoms with Gasteiger partial charge in [-0.2, -0.15) is 0 Å². The number of likely N-dealkylation sites (tertiary alicyclic amines) is 1. The van der Waals surface area contributed by atoms with Gasteiger partial charge in [0.25, 0.3) is 0 Å². The second-order valence-corrected chi connectivity index (χ2v) is 5.55. The molecule has 0 aromatic heterocycles. The number of nitrogens with zero attached hydrogens (tertiary/aromatic N) is 3. The van der Waals surface area contributed by atoms with Crippen molar-refractivity contribution in [3.05, 3.63) is 0 Å². The fourth-order valence-corrected chi connectivity index (χ4v) is 2.67. The quantitative estimate of drug-likeness (QED) is 0.618. The molecule has 108 valence electrons. The van der Waals surface area contributed by atoms with Crippen molar-refractivity contribution in [1.29, 1.82) is 0 Å². The van der Waals surface area contributed by atoms with E-state index in [4.69, 9.17) is 0 Å². The summed E-state index contributed by atoms with van der Waals surface area (Å²) < 4.78 is 0. The molecule has 2 saturated heterocycles. The molecule has 0 saturated carbocycles. The third-order valence-corrected chi connectivity index (χ3v) is 3.99. The fraction of sp³-hybridized carbons (Fsp3) is 0.846. The van der Waals surface area contributed by atoms with E-state index >= 15 is 0 Å². The molecule has 2 aliphatic rings. The van der Waals surface area contributed by atoms with Gasteiger partial charge in [0.05, 0.1) is 0 Å². The van der Waals surface area contributed by atoms with E-state index in [-0.39, 0.29) is 11.8 Å². The zero-order valence-electron chi connectivity index (χ0n) is 11.9. The predicted molar refractivity (Wildman–Crippen MR) is 72.7 cm³/mol. The normalized spacial score (nSPS) is 24.7. The van der Waals surface area contributed by atoms with Gasteiger partial charge in [-0.3, -0.25) is 9.59 Å². The first-order valence-corrected chi connectivity index (χ1v) is 7.05. The summed E-state index contributed by atoms with van der Waals surface area (Å²) in [7, 11) is 4.03. The van der Waals surface area contributed by atoms with Gasteiger partial charge >= 0.3 is 11.8 Å². The van der Waals surface area contributed by atoms with E-state index in [2.05, 4.69) is 10.2 Å². The summed E-state index contributed by atoms with van der Waals surface area (Å²) in [5, 5.41) is 3.24. The van der Waals surface area contributed by atoms with Crippen LogP contribution in [0.5, 0.6) is 0 Å². The van der Waals surface area contributed by atoms with Crippen LogP contribution in [0.3, 0.4) is 0 Å². The highest BCUT2D eigenvalue weighted by Gasteiger charge is 2.33. The summed E-state index contributed by atoms with van der Waals surface area (Å²) in [6.07, 6.45) is 1.87. The number of hydrogen-bond donors (Lipinski definition) is 1. The molecular formula is C13H24N4O2. The smallest absolute Gasteiger partial charge is 0.312 e. The molecule has 2 fully saturated rings. The topological polar surface area (TPSA) is 55.9 Å². The number of nitrogens with one attached hydrogen (secondary N) is 1. The Morgan fingerprint density at radius 3 is 2.47 bits per heavy atom. The summed E-state index contributed by atoms with van der Waals surface area (Å²) in [6.45, 7) is 4.38. The third kappa shape index (κ3) is 3.45. The molecule has 2 heterocycles. The molecule has 19 heavy (non-hydrogen) atoms. The molecule has 0 aromatic carbocycles. The van der Waals surface area contributed by atoms with Gasteiger partial charge in [0, 0.05) is 38.8 Å². The summed E-state index contributed by atoms with van der Waals surface area (Å²) in [6, 6.07) is 0.377. The molecule has 2 amide bonds. The highest BCUT2D eigenvalue weighted by molar-refractivity contribution is 6.35. The molecule has 0 aromatic rings. The lowest BCUT2D eigenvalue weighted by atomic mass is 10.2. The van der Waals surface area contributed by atoms with Crippen molar-refractivity contribution >= 4 is 11.8 Å². The van der Waals surface area contributed by atoms with Crippen LogP contribution in [0.15, 0.2) is 0 Å². The van der Waals surface area contributed by atoms with E-state index in [0.717, 1.165) is 25.9 Å². The van der Waals surface area contributed by atoms with E-state index < -0.39 is 0 Å². The van der Waals surface area contributed by atoms with Crippen LogP contribution in [-0.2, 0) is 9.59 Å². The van der Waals surface area contributed by atoms with Gasteiger partial charge in [-0.05, 0) is 33.5 Å². The van der Waals surface area contributed by atoms with Crippen LogP contribution in [0, 0.1) is 0 Å². The van der Waals surface area contributed by atoms with Crippen molar-refractivity contribution in [3.8, 4) is 0 Å². The lowest BCUT2D eigenvalue weighted by Crippen LogP contribution is -2.46. The van der Waals surface area contributed by atoms with Gasteiger partial charge in [0.1, 0.15) is 0 Å². The molecule has 0 bridgehead atoms. The molecule has 1 atom stereocenters. The Labute approximate surface area is 114 Å². The first-order valence-electron chi connectivity index (χ1n) is 7.05. The average Bonchev–Trinajstić information content (AvgIpc) is 2.73. The minimum absolute atomic E-state index is 0.328. The lowest BCUT2D eigenvalue weighted by Gasteiger charge is -2.24. The van der Waals surface area contributed by atoms with E-state index in [0.29, 0.717) is 32.2 Å². The van der Waals surface area contributed by atoms with Gasteiger partial charge in [0.2, 0.25) is 0 Å². The minimum Gasteiger partial charge on any atom is -0.333 e. The fourth-order valence-electron chi connectivity index (χ4n) is 2.67. The van der Waals surface area contributed by atoms with Crippen molar-refractivity contribution in [2.75, 3.05) is 53.4 Å². The van der Waals surface area contributed by atoms with Gasteiger partial charge in [-0.25, -0.2) is 0 Å². The zero-order valence-corrected chi connectivity index (χ0v) is 11.9. The number of carbonyl (C=O) groups excluding carboxylic acids is 2. The summed E-state index contributed by atoms with van der Waals surface area (Å²) in [4.78, 5) is 29.9. The second kappa shape index (κ2) is 6.34. The Hall–Kier alpha value is -1.14. The van der Waals surface area contributed by atoms with Crippen molar-refractivity contribution in [1.82, 2.24) is 20.0 Å². The van der Waals surface area contributed by atoms with Crippen LogP contribution in [0.2, 0.25) is 0 Å². The van der Waals surface area contributed by atoms with Crippen molar-refractivity contribution in [3.63, 3.8) is 0 Å². The maximum atomic E-state index is 12.2. The molecule has 0 spiro atoms. The standard InChI is InChI=1S/C13H24N4O2/c1-15(2)11-4-8-17(10-11)13(19)12(18)16-7-3-5-14-6-9-16/h11,14H,3-10H2,1-2H3. The monoisotopic (exact) mass is 268 g/mol. The molecule has 6 heteroatoms. The molecule has 0 aliphatic carbocycles. The molecular weight excluding hydrogens is 244 g/mol. The van der Waals surface area contributed by atoms with E-state index in [1.54, 1.807) is 9.80 Å². The highest BCUT2D eigenvalue weighted by atomic mass is 16.2. The third-order valence-electron chi connectivity index (χ3n) is 3.99. The van der Waals surface area contributed by atoms with Crippen LogP contribution in [-0.4, -0.2) is 85.9 Å². The zero-order chi connectivity index (χ0) is 13.8. The Morgan fingerprint density at radius 2 is 1.79 bits per heavy atom. The second-order valence-electron chi connectivity index (χ2n) is 5.55. The lowest BCUT2D eigenvalue weighted by molar-refractivity contribution is -0.151. The minimum atomic E-state index is -0.330. The molecule has 2 rings (SSSR count). The number of likely N-dealkylation sites (N-methyl/N-ethyl adjacent to an activating group) is 1. The van der Waals surface area contributed by atoms with Crippen molar-refractivity contribution in [2.45, 2.75) is 18.9 Å². The van der Waals surface area contributed by atoms with Crippen LogP contribution in [0.1, 0.15) is 12.8 Å². The Balaban J connectivity index is 1.90.